The monoisotopic (exact) mass is 414 g/mol. The summed E-state index contributed by atoms with van der Waals surface area (Å²) in [4.78, 5) is 52.4. The van der Waals surface area contributed by atoms with Gasteiger partial charge in [0.1, 0.15) is 0 Å². The number of fused-ring (bicyclic) bond motifs is 1. The molecule has 0 N–H and O–H groups in total. The van der Waals surface area contributed by atoms with E-state index < -0.39 is 12.6 Å². The zero-order valence-corrected chi connectivity index (χ0v) is 17.5. The minimum Gasteiger partial charge on any atom is -0.451 e. The van der Waals surface area contributed by atoms with Crippen LogP contribution in [0.3, 0.4) is 0 Å². The fraction of sp³-hybridized carbons (Fsp3) is 0.476. The van der Waals surface area contributed by atoms with Crippen LogP contribution < -0.4 is 5.56 Å². The van der Waals surface area contributed by atoms with Gasteiger partial charge < -0.3 is 14.5 Å². The molecule has 1 aromatic carbocycles. The van der Waals surface area contributed by atoms with E-state index in [1.54, 1.807) is 34.1 Å². The molecule has 2 heterocycles. The molecule has 3 rings (SSSR count). The van der Waals surface area contributed by atoms with Crippen LogP contribution in [0.15, 0.2) is 29.1 Å². The van der Waals surface area contributed by atoms with Crippen molar-refractivity contribution in [1.82, 2.24) is 19.6 Å². The number of piperazine rings is 1. The van der Waals surface area contributed by atoms with Crippen LogP contribution in [-0.2, 0) is 20.9 Å². The summed E-state index contributed by atoms with van der Waals surface area (Å²) in [7, 11) is 0. The highest BCUT2D eigenvalue weighted by atomic mass is 16.5. The summed E-state index contributed by atoms with van der Waals surface area (Å²) in [5, 5.41) is 5.00. The van der Waals surface area contributed by atoms with E-state index >= 15 is 0 Å². The third-order valence-electron chi connectivity index (χ3n) is 5.00. The first-order chi connectivity index (χ1) is 14.3. The number of aromatic nitrogens is 2. The number of carbonyl (C=O) groups is 3. The summed E-state index contributed by atoms with van der Waals surface area (Å²) in [6.45, 7) is 7.06. The van der Waals surface area contributed by atoms with E-state index in [0.717, 1.165) is 0 Å². The molecule has 2 aromatic rings. The van der Waals surface area contributed by atoms with Crippen molar-refractivity contribution in [2.45, 2.75) is 27.3 Å². The maximum atomic E-state index is 12.7. The van der Waals surface area contributed by atoms with Gasteiger partial charge >= 0.3 is 5.97 Å². The number of nitrogens with zero attached hydrogens (tertiary/aromatic N) is 4. The van der Waals surface area contributed by atoms with Crippen LogP contribution in [0.2, 0.25) is 0 Å². The van der Waals surface area contributed by atoms with Crippen molar-refractivity contribution >= 4 is 28.6 Å². The van der Waals surface area contributed by atoms with Crippen molar-refractivity contribution in [3.63, 3.8) is 0 Å². The predicted octanol–water partition coefficient (Wildman–Crippen LogP) is 0.900. The van der Waals surface area contributed by atoms with E-state index in [2.05, 4.69) is 5.10 Å². The maximum absolute atomic E-state index is 12.7. The van der Waals surface area contributed by atoms with Gasteiger partial charge in [-0.25, -0.2) is 9.48 Å². The molecule has 1 fully saturated rings. The lowest BCUT2D eigenvalue weighted by molar-refractivity contribution is -0.140. The third-order valence-corrected chi connectivity index (χ3v) is 5.00. The molecule has 2 amide bonds. The first kappa shape index (κ1) is 21.5. The molecule has 0 bridgehead atoms. The van der Waals surface area contributed by atoms with Crippen LogP contribution in [0, 0.1) is 5.92 Å². The average Bonchev–Trinajstić information content (AvgIpc) is 2.73. The lowest BCUT2D eigenvalue weighted by Gasteiger charge is -2.34. The van der Waals surface area contributed by atoms with E-state index in [4.69, 9.17) is 4.74 Å². The van der Waals surface area contributed by atoms with Crippen molar-refractivity contribution in [2.24, 2.45) is 5.92 Å². The molecule has 0 aliphatic carbocycles. The molecule has 1 saturated heterocycles. The van der Waals surface area contributed by atoms with E-state index in [1.165, 1.54) is 11.6 Å². The molecule has 1 aliphatic rings. The highest BCUT2D eigenvalue weighted by Gasteiger charge is 2.24. The van der Waals surface area contributed by atoms with Crippen molar-refractivity contribution in [3.05, 3.63) is 40.3 Å². The molecule has 30 heavy (non-hydrogen) atoms. The number of hydrogen-bond acceptors (Lipinski definition) is 6. The number of ether oxygens (including phenoxy) is 1. The van der Waals surface area contributed by atoms with Crippen LogP contribution in [0.25, 0.3) is 10.8 Å². The van der Waals surface area contributed by atoms with Crippen LogP contribution in [0.5, 0.6) is 0 Å². The van der Waals surface area contributed by atoms with Gasteiger partial charge in [-0.1, -0.05) is 32.0 Å². The number of carbonyl (C=O) groups excluding carboxylic acids is 3. The van der Waals surface area contributed by atoms with Gasteiger partial charge in [0.15, 0.2) is 12.3 Å². The van der Waals surface area contributed by atoms with E-state index in [0.29, 0.717) is 43.5 Å². The summed E-state index contributed by atoms with van der Waals surface area (Å²) in [5.41, 5.74) is -0.254. The molecule has 9 heteroatoms. The Labute approximate surface area is 174 Å². The second kappa shape index (κ2) is 9.06. The first-order valence-corrected chi connectivity index (χ1v) is 9.98. The summed E-state index contributed by atoms with van der Waals surface area (Å²) in [6, 6.07) is 6.73. The molecule has 1 aromatic heterocycles. The third kappa shape index (κ3) is 4.67. The molecular weight excluding hydrogens is 388 g/mol. The van der Waals surface area contributed by atoms with Crippen LogP contribution in [-0.4, -0.2) is 70.1 Å². The summed E-state index contributed by atoms with van der Waals surface area (Å²) in [5.74, 6) is -0.940. The van der Waals surface area contributed by atoms with Gasteiger partial charge in [0.25, 0.3) is 11.5 Å². The second-order valence-corrected chi connectivity index (χ2v) is 7.74. The van der Waals surface area contributed by atoms with Crippen LogP contribution >= 0.6 is 0 Å². The minimum absolute atomic E-state index is 0.0139. The number of hydrogen-bond donors (Lipinski definition) is 0. The van der Waals surface area contributed by atoms with Crippen molar-refractivity contribution in [1.29, 1.82) is 0 Å². The van der Waals surface area contributed by atoms with Gasteiger partial charge in [0.2, 0.25) is 5.91 Å². The Balaban J connectivity index is 1.74. The average molecular weight is 414 g/mol. The Morgan fingerprint density at radius 1 is 1.03 bits per heavy atom. The zero-order valence-electron chi connectivity index (χ0n) is 17.5. The SMILES string of the molecule is CC(=O)N1CCN(C(=O)COC(=O)c2nn(CC(C)C)c(=O)c3ccccc23)CC1. The van der Waals surface area contributed by atoms with Gasteiger partial charge in [-0.3, -0.25) is 14.4 Å². The van der Waals surface area contributed by atoms with Crippen molar-refractivity contribution in [2.75, 3.05) is 32.8 Å². The topological polar surface area (TPSA) is 102 Å². The highest BCUT2D eigenvalue weighted by Crippen LogP contribution is 2.15. The summed E-state index contributed by atoms with van der Waals surface area (Å²) < 4.78 is 6.51. The van der Waals surface area contributed by atoms with Crippen molar-refractivity contribution < 1.29 is 19.1 Å². The van der Waals surface area contributed by atoms with Crippen LogP contribution in [0.1, 0.15) is 31.3 Å². The lowest BCUT2D eigenvalue weighted by Crippen LogP contribution is -2.51. The standard InChI is InChI=1S/C21H26N4O5/c1-14(2)12-25-20(28)17-7-5-4-6-16(17)19(22-25)21(29)30-13-18(27)24-10-8-23(9-11-24)15(3)26/h4-7,14H,8-13H2,1-3H3. The molecule has 160 valence electrons. The predicted molar refractivity (Wildman–Crippen MR) is 110 cm³/mol. The quantitative estimate of drug-likeness (QED) is 0.674. The molecule has 0 spiro atoms. The van der Waals surface area contributed by atoms with Gasteiger partial charge in [0, 0.05) is 45.0 Å². The Bertz CT molecular complexity index is 1020. The van der Waals surface area contributed by atoms with Gasteiger partial charge in [-0.05, 0) is 12.0 Å². The molecule has 0 saturated carbocycles. The zero-order chi connectivity index (χ0) is 21.8. The Morgan fingerprint density at radius 3 is 2.23 bits per heavy atom. The van der Waals surface area contributed by atoms with Crippen molar-refractivity contribution in [3.8, 4) is 0 Å². The maximum Gasteiger partial charge on any atom is 0.359 e. The molecular formula is C21H26N4O5. The molecule has 0 unspecified atom stereocenters. The van der Waals surface area contributed by atoms with E-state index in [1.807, 2.05) is 13.8 Å². The van der Waals surface area contributed by atoms with E-state index in [9.17, 15) is 19.2 Å². The fourth-order valence-electron chi connectivity index (χ4n) is 3.41. The van der Waals surface area contributed by atoms with Gasteiger partial charge in [-0.2, -0.15) is 5.10 Å². The lowest BCUT2D eigenvalue weighted by atomic mass is 10.1. The first-order valence-electron chi connectivity index (χ1n) is 9.98. The second-order valence-electron chi connectivity index (χ2n) is 7.74. The summed E-state index contributed by atoms with van der Waals surface area (Å²) >= 11 is 0. The minimum atomic E-state index is -0.751. The van der Waals surface area contributed by atoms with Gasteiger partial charge in [0.05, 0.1) is 5.39 Å². The normalized spacial score (nSPS) is 14.3. The number of amides is 2. The number of benzene rings is 1. The Hall–Kier alpha value is -3.23. The smallest absolute Gasteiger partial charge is 0.359 e. The fourth-order valence-corrected chi connectivity index (χ4v) is 3.41. The largest absolute Gasteiger partial charge is 0.451 e. The molecule has 9 nitrogen and oxygen atoms in total. The summed E-state index contributed by atoms with van der Waals surface area (Å²) in [6.07, 6.45) is 0. The molecule has 1 aliphatic heterocycles. The highest BCUT2D eigenvalue weighted by molar-refractivity contribution is 6.02. The number of rotatable bonds is 5. The van der Waals surface area contributed by atoms with Crippen LogP contribution in [0.4, 0.5) is 0 Å². The molecule has 0 radical (unpaired) electrons. The van der Waals surface area contributed by atoms with E-state index in [-0.39, 0.29) is 29.0 Å². The van der Waals surface area contributed by atoms with Gasteiger partial charge in [-0.15, -0.1) is 0 Å². The Morgan fingerprint density at radius 2 is 1.63 bits per heavy atom. The Kier molecular flexibility index (Phi) is 6.49. The number of esters is 1. The molecule has 0 atom stereocenters.